The predicted octanol–water partition coefficient (Wildman–Crippen LogP) is 1.69. The molecule has 26 heavy (non-hydrogen) atoms. The summed E-state index contributed by atoms with van der Waals surface area (Å²) in [5.41, 5.74) is 6.07. The van der Waals surface area contributed by atoms with Crippen LogP contribution in [0, 0.1) is 0 Å². The van der Waals surface area contributed by atoms with E-state index in [1.807, 2.05) is 4.90 Å². The van der Waals surface area contributed by atoms with Crippen LogP contribution in [0.4, 0.5) is 5.95 Å². The van der Waals surface area contributed by atoms with Crippen molar-refractivity contribution in [3.8, 4) is 5.88 Å². The smallest absolute Gasteiger partial charge is 0.232 e. The Kier molecular flexibility index (Phi) is 6.30. The van der Waals surface area contributed by atoms with E-state index < -0.39 is 0 Å². The first-order valence-corrected chi connectivity index (χ1v) is 8.90. The van der Waals surface area contributed by atoms with E-state index in [0.717, 1.165) is 32.1 Å². The number of nitrogens with two attached hydrogens (primary N) is 1. The number of guanidine groups is 1. The predicted molar refractivity (Wildman–Crippen MR) is 102 cm³/mol. The van der Waals surface area contributed by atoms with E-state index >= 15 is 0 Å². The highest BCUT2D eigenvalue weighted by molar-refractivity contribution is 6.35. The zero-order valence-corrected chi connectivity index (χ0v) is 15.6. The first-order valence-electron chi connectivity index (χ1n) is 8.14. The van der Waals surface area contributed by atoms with Gasteiger partial charge in [0.15, 0.2) is 5.96 Å². The van der Waals surface area contributed by atoms with Crippen LogP contribution in [0.15, 0.2) is 35.7 Å². The molecule has 2 aromatic rings. The van der Waals surface area contributed by atoms with E-state index in [1.165, 1.54) is 6.20 Å². The van der Waals surface area contributed by atoms with Gasteiger partial charge in [0.2, 0.25) is 11.8 Å². The van der Waals surface area contributed by atoms with Crippen molar-refractivity contribution in [3.63, 3.8) is 0 Å². The first-order chi connectivity index (χ1) is 12.6. The van der Waals surface area contributed by atoms with Gasteiger partial charge in [-0.1, -0.05) is 23.2 Å². The van der Waals surface area contributed by atoms with Gasteiger partial charge in [-0.2, -0.15) is 0 Å². The van der Waals surface area contributed by atoms with E-state index in [-0.39, 0.29) is 0 Å². The maximum atomic E-state index is 6.07. The van der Waals surface area contributed by atoms with Gasteiger partial charge >= 0.3 is 0 Å². The highest BCUT2D eigenvalue weighted by Gasteiger charge is 2.19. The van der Waals surface area contributed by atoms with Crippen molar-refractivity contribution in [3.05, 3.63) is 40.8 Å². The fourth-order valence-electron chi connectivity index (χ4n) is 2.50. The highest BCUT2D eigenvalue weighted by atomic mass is 35.5. The zero-order chi connectivity index (χ0) is 18.4. The van der Waals surface area contributed by atoms with Crippen molar-refractivity contribution >= 4 is 35.1 Å². The number of pyridine rings is 1. The molecule has 1 aliphatic rings. The fourth-order valence-corrected chi connectivity index (χ4v) is 2.94. The number of anilines is 1. The van der Waals surface area contributed by atoms with Crippen LogP contribution in [0.3, 0.4) is 0 Å². The van der Waals surface area contributed by atoms with Crippen molar-refractivity contribution in [2.24, 2.45) is 10.7 Å². The Hall–Kier alpha value is -2.32. The minimum atomic E-state index is 0.326. The SMILES string of the molecule is NC(=NCCOc1ncc(Cl)cc1Cl)N1CCN(c2ncccn2)CC1. The van der Waals surface area contributed by atoms with Crippen molar-refractivity contribution < 1.29 is 4.74 Å². The lowest BCUT2D eigenvalue weighted by molar-refractivity contribution is 0.314. The molecule has 1 saturated heterocycles. The minimum Gasteiger partial charge on any atom is -0.475 e. The van der Waals surface area contributed by atoms with Gasteiger partial charge in [0, 0.05) is 44.8 Å². The summed E-state index contributed by atoms with van der Waals surface area (Å²) in [5.74, 6) is 1.57. The van der Waals surface area contributed by atoms with E-state index in [2.05, 4.69) is 24.8 Å². The average Bonchev–Trinajstić information content (AvgIpc) is 2.67. The Labute approximate surface area is 161 Å². The third-order valence-electron chi connectivity index (χ3n) is 3.82. The molecule has 8 nitrogen and oxygen atoms in total. The molecule has 3 rings (SSSR count). The Bertz CT molecular complexity index is 752. The molecule has 138 valence electrons. The van der Waals surface area contributed by atoms with Crippen molar-refractivity contribution in [1.29, 1.82) is 0 Å². The summed E-state index contributed by atoms with van der Waals surface area (Å²) in [6.45, 7) is 3.85. The molecular formula is C16H19Cl2N7O. The molecule has 0 bridgehead atoms. The van der Waals surface area contributed by atoms with Gasteiger partial charge in [0.05, 0.1) is 11.6 Å². The Balaban J connectivity index is 1.44. The van der Waals surface area contributed by atoms with Gasteiger partial charge in [-0.05, 0) is 12.1 Å². The second kappa shape index (κ2) is 8.86. The number of hydrogen-bond acceptors (Lipinski definition) is 6. The quantitative estimate of drug-likeness (QED) is 0.467. The summed E-state index contributed by atoms with van der Waals surface area (Å²) < 4.78 is 5.50. The number of halogens is 2. The maximum absolute atomic E-state index is 6.07. The molecule has 2 N–H and O–H groups in total. The van der Waals surface area contributed by atoms with Crippen LogP contribution in [0.25, 0.3) is 0 Å². The summed E-state index contributed by atoms with van der Waals surface area (Å²) in [7, 11) is 0. The third kappa shape index (κ3) is 4.86. The van der Waals surface area contributed by atoms with Crippen molar-refractivity contribution in [2.45, 2.75) is 0 Å². The van der Waals surface area contributed by atoms with Gasteiger partial charge in [0.1, 0.15) is 11.6 Å². The normalized spacial score (nSPS) is 15.2. The van der Waals surface area contributed by atoms with Crippen LogP contribution in [0.1, 0.15) is 0 Å². The molecule has 0 radical (unpaired) electrons. The molecule has 0 aromatic carbocycles. The third-order valence-corrected chi connectivity index (χ3v) is 4.29. The molecule has 0 unspecified atom stereocenters. The van der Waals surface area contributed by atoms with Crippen LogP contribution in [0.5, 0.6) is 5.88 Å². The van der Waals surface area contributed by atoms with E-state index in [9.17, 15) is 0 Å². The fraction of sp³-hybridized carbons (Fsp3) is 0.375. The molecule has 0 aliphatic carbocycles. The van der Waals surface area contributed by atoms with Crippen LogP contribution >= 0.6 is 23.2 Å². The van der Waals surface area contributed by atoms with E-state index in [1.54, 1.807) is 24.5 Å². The van der Waals surface area contributed by atoms with Gasteiger partial charge in [-0.25, -0.2) is 19.9 Å². The first kappa shape index (κ1) is 18.5. The second-order valence-electron chi connectivity index (χ2n) is 5.55. The van der Waals surface area contributed by atoms with E-state index in [0.29, 0.717) is 35.0 Å². The Morgan fingerprint density at radius 1 is 1.15 bits per heavy atom. The lowest BCUT2D eigenvalue weighted by atomic mass is 10.3. The van der Waals surface area contributed by atoms with Crippen LogP contribution in [-0.4, -0.2) is 65.1 Å². The standard InChI is InChI=1S/C16H19Cl2N7O/c17-12-10-13(18)14(23-11-12)26-9-4-20-15(19)24-5-7-25(8-6-24)16-21-2-1-3-22-16/h1-3,10-11H,4-9H2,(H2,19,20). The summed E-state index contributed by atoms with van der Waals surface area (Å²) >= 11 is 11.8. The summed E-state index contributed by atoms with van der Waals surface area (Å²) in [5, 5.41) is 0.832. The lowest BCUT2D eigenvalue weighted by Gasteiger charge is -2.35. The molecule has 3 heterocycles. The average molecular weight is 396 g/mol. The topological polar surface area (TPSA) is 92.8 Å². The Morgan fingerprint density at radius 3 is 2.58 bits per heavy atom. The molecule has 0 amide bonds. The minimum absolute atomic E-state index is 0.326. The second-order valence-corrected chi connectivity index (χ2v) is 6.40. The molecule has 0 atom stereocenters. The highest BCUT2D eigenvalue weighted by Crippen LogP contribution is 2.24. The summed E-state index contributed by atoms with van der Waals surface area (Å²) in [6.07, 6.45) is 4.97. The molecule has 0 spiro atoms. The van der Waals surface area contributed by atoms with Crippen molar-refractivity contribution in [1.82, 2.24) is 19.9 Å². The van der Waals surface area contributed by atoms with Gasteiger partial charge < -0.3 is 20.3 Å². The van der Waals surface area contributed by atoms with Gasteiger partial charge in [-0.15, -0.1) is 0 Å². The molecule has 2 aromatic heterocycles. The van der Waals surface area contributed by atoms with Gasteiger partial charge in [0.25, 0.3) is 0 Å². The van der Waals surface area contributed by atoms with Gasteiger partial charge in [-0.3, -0.25) is 0 Å². The number of rotatable bonds is 5. The summed E-state index contributed by atoms with van der Waals surface area (Å²) in [6, 6.07) is 3.39. The lowest BCUT2D eigenvalue weighted by Crippen LogP contribution is -2.51. The number of hydrogen-bond donors (Lipinski definition) is 1. The van der Waals surface area contributed by atoms with Crippen LogP contribution < -0.4 is 15.4 Å². The number of aliphatic imine (C=N–C) groups is 1. The largest absolute Gasteiger partial charge is 0.475 e. The Morgan fingerprint density at radius 2 is 1.88 bits per heavy atom. The van der Waals surface area contributed by atoms with E-state index in [4.69, 9.17) is 33.7 Å². The number of piperazine rings is 1. The molecule has 0 saturated carbocycles. The number of ether oxygens (including phenoxy) is 1. The number of nitrogens with zero attached hydrogens (tertiary/aromatic N) is 6. The van der Waals surface area contributed by atoms with Crippen molar-refractivity contribution in [2.75, 3.05) is 44.2 Å². The maximum Gasteiger partial charge on any atom is 0.232 e. The van der Waals surface area contributed by atoms with Crippen LogP contribution in [0.2, 0.25) is 10.0 Å². The molecule has 1 fully saturated rings. The molecule has 1 aliphatic heterocycles. The summed E-state index contributed by atoms with van der Waals surface area (Å²) in [4.78, 5) is 21.1. The molecule has 10 heteroatoms. The monoisotopic (exact) mass is 395 g/mol. The molecular weight excluding hydrogens is 377 g/mol. The van der Waals surface area contributed by atoms with Crippen LogP contribution in [-0.2, 0) is 0 Å². The zero-order valence-electron chi connectivity index (χ0n) is 14.1. The number of aromatic nitrogens is 3.